The molecule has 3 aromatic rings. The summed E-state index contributed by atoms with van der Waals surface area (Å²) >= 11 is 0. The number of imidazole rings is 1. The fourth-order valence-corrected chi connectivity index (χ4v) is 3.48. The number of hydrogen-bond donors (Lipinski definition) is 2. The van der Waals surface area contributed by atoms with Crippen LogP contribution in [0.4, 0.5) is 4.39 Å². The Morgan fingerprint density at radius 3 is 2.90 bits per heavy atom. The van der Waals surface area contributed by atoms with Crippen molar-refractivity contribution < 1.29 is 9.18 Å². The van der Waals surface area contributed by atoms with Crippen molar-refractivity contribution >= 4 is 18.3 Å². The van der Waals surface area contributed by atoms with Gasteiger partial charge in [-0.3, -0.25) is 9.48 Å². The van der Waals surface area contributed by atoms with Crippen molar-refractivity contribution in [2.24, 2.45) is 0 Å². The molecular formula is C20H24ClFN6O. The van der Waals surface area contributed by atoms with Gasteiger partial charge in [0.15, 0.2) is 0 Å². The molecule has 1 unspecified atom stereocenters. The summed E-state index contributed by atoms with van der Waals surface area (Å²) in [6.07, 6.45) is 7.34. The minimum atomic E-state index is -0.359. The highest BCUT2D eigenvalue weighted by atomic mass is 35.5. The molecule has 1 aromatic carbocycles. The van der Waals surface area contributed by atoms with Crippen LogP contribution in [0.3, 0.4) is 0 Å². The molecule has 3 heterocycles. The summed E-state index contributed by atoms with van der Waals surface area (Å²) in [7, 11) is 0. The number of hydrogen-bond acceptors (Lipinski definition) is 4. The van der Waals surface area contributed by atoms with Gasteiger partial charge in [0.25, 0.3) is 5.91 Å². The molecular weight excluding hydrogens is 395 g/mol. The molecule has 1 saturated heterocycles. The van der Waals surface area contributed by atoms with Gasteiger partial charge in [0.05, 0.1) is 11.7 Å². The zero-order chi connectivity index (χ0) is 19.5. The van der Waals surface area contributed by atoms with E-state index >= 15 is 0 Å². The van der Waals surface area contributed by atoms with Crippen molar-refractivity contribution in [3.63, 3.8) is 0 Å². The molecule has 9 heteroatoms. The number of carbonyl (C=O) groups excluding carboxylic acids is 1. The highest BCUT2D eigenvalue weighted by Crippen LogP contribution is 2.18. The average molecular weight is 419 g/mol. The summed E-state index contributed by atoms with van der Waals surface area (Å²) in [6, 6.07) is 6.92. The molecule has 0 aliphatic carbocycles. The lowest BCUT2D eigenvalue weighted by molar-refractivity contribution is 0.0944. The molecule has 29 heavy (non-hydrogen) atoms. The second kappa shape index (κ2) is 9.19. The van der Waals surface area contributed by atoms with Crippen LogP contribution in [-0.2, 0) is 6.54 Å². The van der Waals surface area contributed by atoms with Crippen molar-refractivity contribution in [2.45, 2.75) is 32.4 Å². The minimum Gasteiger partial charge on any atom is -0.347 e. The Morgan fingerprint density at radius 1 is 1.34 bits per heavy atom. The normalized spacial score (nSPS) is 16.3. The summed E-state index contributed by atoms with van der Waals surface area (Å²) < 4.78 is 18.0. The second-order valence-electron chi connectivity index (χ2n) is 6.99. The smallest absolute Gasteiger partial charge is 0.272 e. The van der Waals surface area contributed by atoms with E-state index in [2.05, 4.69) is 20.7 Å². The topological polar surface area (TPSA) is 76.8 Å². The third kappa shape index (κ3) is 4.65. The summed E-state index contributed by atoms with van der Waals surface area (Å²) in [6.45, 7) is 3.94. The SMILES string of the molecule is Cc1nccn1-c1ccc(CNC(=O)c2ccn(C3CCCNC3)n2)cc1F.Cl. The summed E-state index contributed by atoms with van der Waals surface area (Å²) in [5, 5.41) is 10.5. The molecule has 0 bridgehead atoms. The van der Waals surface area contributed by atoms with Crippen molar-refractivity contribution in [3.8, 4) is 5.69 Å². The average Bonchev–Trinajstić information content (AvgIpc) is 3.36. The maximum Gasteiger partial charge on any atom is 0.272 e. The largest absolute Gasteiger partial charge is 0.347 e. The molecule has 154 valence electrons. The van der Waals surface area contributed by atoms with Crippen LogP contribution >= 0.6 is 12.4 Å². The first-order valence-corrected chi connectivity index (χ1v) is 9.44. The predicted molar refractivity (Wildman–Crippen MR) is 110 cm³/mol. The van der Waals surface area contributed by atoms with Gasteiger partial charge < -0.3 is 15.2 Å². The lowest BCUT2D eigenvalue weighted by atomic mass is 10.1. The standard InChI is InChI=1S/C20H23FN6O.ClH/c1-14-23-8-10-26(14)19-5-4-15(11-17(19)21)12-24-20(28)18-6-9-27(25-18)16-3-2-7-22-13-16;/h4-6,8-11,16,22H,2-3,7,12-13H2,1H3,(H,24,28);1H. The van der Waals surface area contributed by atoms with Gasteiger partial charge in [-0.1, -0.05) is 6.07 Å². The molecule has 2 N–H and O–H groups in total. The Balaban J connectivity index is 0.00000240. The quantitative estimate of drug-likeness (QED) is 0.668. The number of aromatic nitrogens is 4. The lowest BCUT2D eigenvalue weighted by Crippen LogP contribution is -2.32. The Morgan fingerprint density at radius 2 is 2.21 bits per heavy atom. The van der Waals surface area contributed by atoms with E-state index in [-0.39, 0.29) is 36.7 Å². The number of nitrogens with zero attached hydrogens (tertiary/aromatic N) is 4. The maximum absolute atomic E-state index is 14.5. The van der Waals surface area contributed by atoms with E-state index in [1.165, 1.54) is 6.07 Å². The van der Waals surface area contributed by atoms with Gasteiger partial charge >= 0.3 is 0 Å². The number of aryl methyl sites for hydroxylation is 1. The Labute approximate surface area is 174 Å². The van der Waals surface area contributed by atoms with Gasteiger partial charge in [0.1, 0.15) is 17.3 Å². The third-order valence-corrected chi connectivity index (χ3v) is 5.04. The monoisotopic (exact) mass is 418 g/mol. The van der Waals surface area contributed by atoms with Gasteiger partial charge in [-0.2, -0.15) is 5.10 Å². The first kappa shape index (κ1) is 21.0. The molecule has 1 amide bonds. The Kier molecular flexibility index (Phi) is 6.66. The molecule has 1 atom stereocenters. The molecule has 4 rings (SSSR count). The van der Waals surface area contributed by atoms with Crippen LogP contribution in [0.1, 0.15) is 40.8 Å². The zero-order valence-electron chi connectivity index (χ0n) is 16.1. The van der Waals surface area contributed by atoms with Gasteiger partial charge in [-0.25, -0.2) is 9.37 Å². The molecule has 2 aromatic heterocycles. The van der Waals surface area contributed by atoms with Crippen LogP contribution in [0.5, 0.6) is 0 Å². The van der Waals surface area contributed by atoms with Crippen molar-refractivity contribution in [2.75, 3.05) is 13.1 Å². The zero-order valence-corrected chi connectivity index (χ0v) is 17.0. The van der Waals surface area contributed by atoms with E-state index in [4.69, 9.17) is 0 Å². The van der Waals surface area contributed by atoms with E-state index in [1.807, 2.05) is 17.8 Å². The number of benzene rings is 1. The predicted octanol–water partition coefficient (Wildman–Crippen LogP) is 2.79. The number of carbonyl (C=O) groups is 1. The van der Waals surface area contributed by atoms with Crippen LogP contribution in [0, 0.1) is 12.7 Å². The molecule has 0 spiro atoms. The molecule has 1 aliphatic rings. The van der Waals surface area contributed by atoms with E-state index in [9.17, 15) is 9.18 Å². The second-order valence-corrected chi connectivity index (χ2v) is 6.99. The first-order chi connectivity index (χ1) is 13.6. The number of piperidine rings is 1. The molecule has 0 radical (unpaired) electrons. The lowest BCUT2D eigenvalue weighted by Gasteiger charge is -2.22. The number of halogens is 2. The molecule has 0 saturated carbocycles. The summed E-state index contributed by atoms with van der Waals surface area (Å²) in [5.41, 5.74) is 1.49. The van der Waals surface area contributed by atoms with Crippen LogP contribution in [-0.4, -0.2) is 38.3 Å². The number of rotatable bonds is 5. The van der Waals surface area contributed by atoms with E-state index in [0.29, 0.717) is 22.8 Å². The van der Waals surface area contributed by atoms with Crippen molar-refractivity contribution in [1.82, 2.24) is 30.0 Å². The molecule has 1 fully saturated rings. The highest BCUT2D eigenvalue weighted by molar-refractivity contribution is 5.92. The Bertz CT molecular complexity index is 979. The fraction of sp³-hybridized carbons (Fsp3) is 0.350. The van der Waals surface area contributed by atoms with Gasteiger partial charge in [0.2, 0.25) is 0 Å². The van der Waals surface area contributed by atoms with Gasteiger partial charge in [0, 0.05) is 31.7 Å². The van der Waals surface area contributed by atoms with Crippen LogP contribution in [0.25, 0.3) is 5.69 Å². The minimum absolute atomic E-state index is 0. The van der Waals surface area contributed by atoms with E-state index in [0.717, 1.165) is 25.9 Å². The van der Waals surface area contributed by atoms with Crippen LogP contribution in [0.15, 0.2) is 42.9 Å². The maximum atomic E-state index is 14.5. The van der Waals surface area contributed by atoms with Crippen LogP contribution in [0.2, 0.25) is 0 Å². The summed E-state index contributed by atoms with van der Waals surface area (Å²) in [5.74, 6) is 0.0862. The molecule has 7 nitrogen and oxygen atoms in total. The van der Waals surface area contributed by atoms with Gasteiger partial charge in [-0.05, 0) is 50.1 Å². The van der Waals surface area contributed by atoms with Crippen LogP contribution < -0.4 is 10.6 Å². The van der Waals surface area contributed by atoms with Crippen molar-refractivity contribution in [1.29, 1.82) is 0 Å². The van der Waals surface area contributed by atoms with Crippen molar-refractivity contribution in [3.05, 3.63) is 65.8 Å². The van der Waals surface area contributed by atoms with E-state index < -0.39 is 0 Å². The number of nitrogens with one attached hydrogen (secondary N) is 2. The highest BCUT2D eigenvalue weighted by Gasteiger charge is 2.17. The van der Waals surface area contributed by atoms with Gasteiger partial charge in [-0.15, -0.1) is 12.4 Å². The fourth-order valence-electron chi connectivity index (χ4n) is 3.48. The number of amides is 1. The first-order valence-electron chi connectivity index (χ1n) is 9.44. The Hall–Kier alpha value is -2.71. The molecule has 1 aliphatic heterocycles. The third-order valence-electron chi connectivity index (χ3n) is 5.04. The van der Waals surface area contributed by atoms with E-state index in [1.54, 1.807) is 35.2 Å². The summed E-state index contributed by atoms with van der Waals surface area (Å²) in [4.78, 5) is 16.5.